The third-order valence-corrected chi connectivity index (χ3v) is 6.05. The standard InChI is InChI=1S/C28H26N4O/c1-28(2,3)20-15-18(14-19(16-20)23-9-5-6-12-30-23)21-8-7-10-24-26(21)31-27(32(24)4)22-17-29-13-11-25(22)33/h5-17H,1-4H3,(H,29,33). The Morgan fingerprint density at radius 3 is 2.45 bits per heavy atom. The van der Waals surface area contributed by atoms with Crippen LogP contribution in [0.25, 0.3) is 44.8 Å². The number of hydrogen-bond donors (Lipinski definition) is 1. The minimum atomic E-state index is -0.0547. The average Bonchev–Trinajstić information content (AvgIpc) is 3.15. The maximum Gasteiger partial charge on any atom is 0.192 e. The van der Waals surface area contributed by atoms with Gasteiger partial charge >= 0.3 is 0 Å². The van der Waals surface area contributed by atoms with Crippen LogP contribution in [0.5, 0.6) is 0 Å². The third-order valence-electron chi connectivity index (χ3n) is 6.05. The van der Waals surface area contributed by atoms with E-state index in [1.54, 1.807) is 12.4 Å². The molecule has 5 aromatic rings. The number of hydrogen-bond acceptors (Lipinski definition) is 3. The highest BCUT2D eigenvalue weighted by Crippen LogP contribution is 2.36. The van der Waals surface area contributed by atoms with Crippen LogP contribution in [0.4, 0.5) is 0 Å². The lowest BCUT2D eigenvalue weighted by atomic mass is 9.83. The molecular weight excluding hydrogens is 408 g/mol. The number of pyridine rings is 2. The average molecular weight is 435 g/mol. The summed E-state index contributed by atoms with van der Waals surface area (Å²) in [5.74, 6) is 0.649. The first-order valence-corrected chi connectivity index (χ1v) is 11.0. The molecule has 0 saturated carbocycles. The van der Waals surface area contributed by atoms with Crippen LogP contribution < -0.4 is 5.43 Å². The van der Waals surface area contributed by atoms with E-state index >= 15 is 0 Å². The van der Waals surface area contributed by atoms with Crippen molar-refractivity contribution >= 4 is 11.0 Å². The van der Waals surface area contributed by atoms with Crippen molar-refractivity contribution in [3.63, 3.8) is 0 Å². The third kappa shape index (κ3) is 3.76. The van der Waals surface area contributed by atoms with E-state index < -0.39 is 0 Å². The highest BCUT2D eigenvalue weighted by Gasteiger charge is 2.20. The van der Waals surface area contributed by atoms with Gasteiger partial charge in [-0.15, -0.1) is 0 Å². The molecule has 0 amide bonds. The fourth-order valence-electron chi connectivity index (χ4n) is 4.18. The quantitative estimate of drug-likeness (QED) is 0.381. The molecule has 0 radical (unpaired) electrons. The molecular formula is C28H26N4O. The largest absolute Gasteiger partial charge is 0.367 e. The maximum absolute atomic E-state index is 12.5. The van der Waals surface area contributed by atoms with Gasteiger partial charge in [-0.05, 0) is 46.9 Å². The van der Waals surface area contributed by atoms with Gasteiger partial charge in [0.2, 0.25) is 0 Å². The Morgan fingerprint density at radius 2 is 1.73 bits per heavy atom. The molecule has 3 aromatic heterocycles. The number of nitrogens with one attached hydrogen (secondary N) is 1. The SMILES string of the molecule is Cn1c(-c2c[nH]ccc2=O)nc2c(-c3cc(-c4ccccn4)cc(C(C)(C)C)c3)cccc21. The van der Waals surface area contributed by atoms with Crippen molar-refractivity contribution in [2.45, 2.75) is 26.2 Å². The summed E-state index contributed by atoms with van der Waals surface area (Å²) < 4.78 is 1.98. The Kier molecular flexibility index (Phi) is 4.97. The van der Waals surface area contributed by atoms with Gasteiger partial charge in [0.15, 0.2) is 5.43 Å². The number of para-hydroxylation sites is 1. The van der Waals surface area contributed by atoms with E-state index in [9.17, 15) is 4.79 Å². The molecule has 0 fully saturated rings. The summed E-state index contributed by atoms with van der Waals surface area (Å²) in [7, 11) is 1.95. The van der Waals surface area contributed by atoms with E-state index in [0.29, 0.717) is 11.4 Å². The molecule has 33 heavy (non-hydrogen) atoms. The normalized spacial score (nSPS) is 11.8. The zero-order valence-corrected chi connectivity index (χ0v) is 19.3. The van der Waals surface area contributed by atoms with E-state index in [1.807, 2.05) is 48.1 Å². The second-order valence-electron chi connectivity index (χ2n) is 9.35. The molecule has 164 valence electrons. The second kappa shape index (κ2) is 7.85. The molecule has 0 aliphatic heterocycles. The molecule has 2 aromatic carbocycles. The Hall–Kier alpha value is -3.99. The summed E-state index contributed by atoms with van der Waals surface area (Å²) in [6.45, 7) is 6.65. The second-order valence-corrected chi connectivity index (χ2v) is 9.35. The van der Waals surface area contributed by atoms with E-state index in [4.69, 9.17) is 4.98 Å². The molecule has 0 aliphatic carbocycles. The van der Waals surface area contributed by atoms with E-state index in [2.05, 4.69) is 55.0 Å². The molecule has 0 unspecified atom stereocenters. The van der Waals surface area contributed by atoms with Crippen molar-refractivity contribution in [2.24, 2.45) is 7.05 Å². The fourth-order valence-corrected chi connectivity index (χ4v) is 4.18. The van der Waals surface area contributed by atoms with Crippen LogP contribution in [0, 0.1) is 0 Å². The Balaban J connectivity index is 1.77. The number of aromatic amines is 1. The van der Waals surface area contributed by atoms with Gasteiger partial charge in [0.1, 0.15) is 5.82 Å². The zero-order valence-electron chi connectivity index (χ0n) is 19.3. The number of H-pyrrole nitrogens is 1. The van der Waals surface area contributed by atoms with Crippen LogP contribution in [0.1, 0.15) is 26.3 Å². The van der Waals surface area contributed by atoms with Crippen molar-refractivity contribution in [3.05, 3.63) is 95.0 Å². The Labute approximate surface area is 192 Å². The van der Waals surface area contributed by atoms with E-state index in [0.717, 1.165) is 33.4 Å². The van der Waals surface area contributed by atoms with Crippen LogP contribution in [-0.4, -0.2) is 19.5 Å². The molecule has 5 nitrogen and oxygen atoms in total. The lowest BCUT2D eigenvalue weighted by Gasteiger charge is -2.21. The van der Waals surface area contributed by atoms with Gasteiger partial charge in [-0.1, -0.05) is 45.0 Å². The molecule has 0 bridgehead atoms. The summed E-state index contributed by atoms with van der Waals surface area (Å²) in [4.78, 5) is 25.0. The van der Waals surface area contributed by atoms with Crippen LogP contribution in [0.2, 0.25) is 0 Å². The van der Waals surface area contributed by atoms with Crippen molar-refractivity contribution in [1.82, 2.24) is 19.5 Å². The topological polar surface area (TPSA) is 63.6 Å². The smallest absolute Gasteiger partial charge is 0.192 e. The Morgan fingerprint density at radius 1 is 0.909 bits per heavy atom. The van der Waals surface area contributed by atoms with Crippen molar-refractivity contribution in [1.29, 1.82) is 0 Å². The van der Waals surface area contributed by atoms with Gasteiger partial charge in [0.05, 0.1) is 22.3 Å². The predicted octanol–water partition coefficient (Wildman–Crippen LogP) is 5.96. The van der Waals surface area contributed by atoms with Gasteiger partial charge in [-0.2, -0.15) is 0 Å². The van der Waals surface area contributed by atoms with Crippen molar-refractivity contribution in [3.8, 4) is 33.8 Å². The molecule has 0 aliphatic rings. The first kappa shape index (κ1) is 20.9. The number of rotatable bonds is 3. The summed E-state index contributed by atoms with van der Waals surface area (Å²) in [6, 6.07) is 20.3. The maximum atomic E-state index is 12.5. The van der Waals surface area contributed by atoms with Gasteiger partial charge in [0.25, 0.3) is 0 Å². The molecule has 3 heterocycles. The number of aromatic nitrogens is 4. The first-order valence-electron chi connectivity index (χ1n) is 11.0. The van der Waals surface area contributed by atoms with Crippen LogP contribution >= 0.6 is 0 Å². The minimum Gasteiger partial charge on any atom is -0.367 e. The van der Waals surface area contributed by atoms with Gasteiger partial charge < -0.3 is 9.55 Å². The molecule has 5 heteroatoms. The monoisotopic (exact) mass is 434 g/mol. The number of imidazole rings is 1. The molecule has 5 rings (SSSR count). The number of nitrogens with zero attached hydrogens (tertiary/aromatic N) is 3. The molecule has 0 spiro atoms. The molecule has 0 atom stereocenters. The lowest BCUT2D eigenvalue weighted by Crippen LogP contribution is -2.11. The van der Waals surface area contributed by atoms with E-state index in [-0.39, 0.29) is 10.8 Å². The van der Waals surface area contributed by atoms with Gasteiger partial charge in [0, 0.05) is 42.8 Å². The Bertz CT molecular complexity index is 1520. The summed E-state index contributed by atoms with van der Waals surface area (Å²) >= 11 is 0. The number of benzene rings is 2. The highest BCUT2D eigenvalue weighted by atomic mass is 16.1. The van der Waals surface area contributed by atoms with Crippen molar-refractivity contribution < 1.29 is 0 Å². The first-order chi connectivity index (χ1) is 15.8. The van der Waals surface area contributed by atoms with E-state index in [1.165, 1.54) is 11.6 Å². The lowest BCUT2D eigenvalue weighted by molar-refractivity contribution is 0.590. The van der Waals surface area contributed by atoms with Crippen LogP contribution in [-0.2, 0) is 12.5 Å². The highest BCUT2D eigenvalue weighted by molar-refractivity contribution is 5.95. The van der Waals surface area contributed by atoms with Crippen molar-refractivity contribution in [2.75, 3.05) is 0 Å². The zero-order chi connectivity index (χ0) is 23.2. The summed E-state index contributed by atoms with van der Waals surface area (Å²) in [5, 5.41) is 0. The molecule has 1 N–H and O–H groups in total. The minimum absolute atomic E-state index is 0.0277. The summed E-state index contributed by atoms with van der Waals surface area (Å²) in [6.07, 6.45) is 5.17. The van der Waals surface area contributed by atoms with Gasteiger partial charge in [-0.3, -0.25) is 9.78 Å². The summed E-state index contributed by atoms with van der Waals surface area (Å²) in [5.41, 5.74) is 7.68. The predicted molar refractivity (Wildman–Crippen MR) is 134 cm³/mol. The molecule has 0 saturated heterocycles. The number of aryl methyl sites for hydroxylation is 1. The van der Waals surface area contributed by atoms with Crippen LogP contribution in [0.15, 0.2) is 84.0 Å². The fraction of sp³-hybridized carbons (Fsp3) is 0.179. The van der Waals surface area contributed by atoms with Crippen LogP contribution in [0.3, 0.4) is 0 Å². The number of fused-ring (bicyclic) bond motifs is 1. The van der Waals surface area contributed by atoms with Gasteiger partial charge in [-0.25, -0.2) is 4.98 Å².